The van der Waals surface area contributed by atoms with Crippen LogP contribution in [0.1, 0.15) is 25.5 Å². The molecule has 8 heteroatoms. The number of amides is 2. The van der Waals surface area contributed by atoms with E-state index in [0.717, 1.165) is 5.56 Å². The summed E-state index contributed by atoms with van der Waals surface area (Å²) in [5.41, 5.74) is 1.49. The van der Waals surface area contributed by atoms with Crippen molar-refractivity contribution < 1.29 is 9.53 Å². The van der Waals surface area contributed by atoms with Crippen LogP contribution in [-0.4, -0.2) is 32.7 Å². The molecule has 2 N–H and O–H groups in total. The van der Waals surface area contributed by atoms with E-state index in [1.54, 1.807) is 28.8 Å². The number of carbonyl (C=O) groups is 1. The Morgan fingerprint density at radius 1 is 1.27 bits per heavy atom. The first-order valence-electron chi connectivity index (χ1n) is 7.04. The topological polar surface area (TPSA) is 86.0 Å². The molecule has 0 aliphatic carbocycles. The lowest BCUT2D eigenvalue weighted by Crippen LogP contribution is -2.35. The van der Waals surface area contributed by atoms with E-state index in [0.29, 0.717) is 11.6 Å². The van der Waals surface area contributed by atoms with E-state index in [-0.39, 0.29) is 18.0 Å². The van der Waals surface area contributed by atoms with Gasteiger partial charge in [-0.25, -0.2) is 4.79 Å². The number of carbonyl (C=O) groups excluding carboxylic acids is 1. The summed E-state index contributed by atoms with van der Waals surface area (Å²) in [4.78, 5) is 12.2. The Bertz CT molecular complexity index is 646. The summed E-state index contributed by atoms with van der Waals surface area (Å²) in [5.74, 6) is 0.603. The maximum absolute atomic E-state index is 12.2. The van der Waals surface area contributed by atoms with Crippen molar-refractivity contribution in [2.45, 2.75) is 19.9 Å². The molecule has 1 unspecified atom stereocenters. The Balaban J connectivity index is 2.08. The summed E-state index contributed by atoms with van der Waals surface area (Å²) in [6.07, 6.45) is 5.35. The first kappa shape index (κ1) is 15.9. The minimum absolute atomic E-state index is 0.128. The Morgan fingerprint density at radius 2 is 2.00 bits per heavy atom. The Labute approximate surface area is 129 Å². The summed E-state index contributed by atoms with van der Waals surface area (Å²) in [6.45, 7) is 4.09. The van der Waals surface area contributed by atoms with Gasteiger partial charge in [-0.05, 0) is 5.92 Å². The predicted octanol–water partition coefficient (Wildman–Crippen LogP) is 1.68. The molecule has 2 aromatic rings. The molecule has 0 spiro atoms. The maximum Gasteiger partial charge on any atom is 0.319 e. The first-order chi connectivity index (χ1) is 10.4. The van der Waals surface area contributed by atoms with Crippen molar-refractivity contribution in [3.05, 3.63) is 24.2 Å². The van der Waals surface area contributed by atoms with Crippen LogP contribution in [0.5, 0.6) is 5.88 Å². The third kappa shape index (κ3) is 3.57. The molecule has 1 atom stereocenters. The molecule has 0 bridgehead atoms. The van der Waals surface area contributed by atoms with Gasteiger partial charge < -0.3 is 15.4 Å². The third-order valence-electron chi connectivity index (χ3n) is 3.27. The van der Waals surface area contributed by atoms with E-state index in [1.165, 1.54) is 7.11 Å². The van der Waals surface area contributed by atoms with Crippen LogP contribution in [0, 0.1) is 5.92 Å². The van der Waals surface area contributed by atoms with Gasteiger partial charge in [0.15, 0.2) is 0 Å². The number of hydrogen-bond acceptors (Lipinski definition) is 4. The molecular weight excluding hydrogens is 284 g/mol. The number of nitrogens with zero attached hydrogens (tertiary/aromatic N) is 4. The van der Waals surface area contributed by atoms with E-state index >= 15 is 0 Å². The van der Waals surface area contributed by atoms with Crippen LogP contribution in [0.15, 0.2) is 18.6 Å². The molecule has 0 fully saturated rings. The van der Waals surface area contributed by atoms with Crippen LogP contribution >= 0.6 is 0 Å². The second kappa shape index (κ2) is 6.50. The second-order valence-electron chi connectivity index (χ2n) is 5.49. The number of hydrogen-bond donors (Lipinski definition) is 2. The van der Waals surface area contributed by atoms with Crippen molar-refractivity contribution >= 4 is 11.7 Å². The third-order valence-corrected chi connectivity index (χ3v) is 3.27. The molecule has 2 heterocycles. The highest BCUT2D eigenvalue weighted by Crippen LogP contribution is 2.23. The number of rotatable bonds is 5. The highest BCUT2D eigenvalue weighted by atomic mass is 16.5. The van der Waals surface area contributed by atoms with Gasteiger partial charge in [-0.1, -0.05) is 13.8 Å². The van der Waals surface area contributed by atoms with Gasteiger partial charge in [-0.15, -0.1) is 5.10 Å². The maximum atomic E-state index is 12.2. The average molecular weight is 306 g/mol. The van der Waals surface area contributed by atoms with Crippen molar-refractivity contribution in [3.63, 3.8) is 0 Å². The fourth-order valence-corrected chi connectivity index (χ4v) is 2.24. The van der Waals surface area contributed by atoms with Crippen molar-refractivity contribution in [2.75, 3.05) is 12.4 Å². The summed E-state index contributed by atoms with van der Waals surface area (Å²) in [5, 5.41) is 14.0. The Hall–Kier alpha value is -2.51. The monoisotopic (exact) mass is 306 g/mol. The molecule has 22 heavy (non-hydrogen) atoms. The van der Waals surface area contributed by atoms with Crippen LogP contribution < -0.4 is 15.4 Å². The number of nitrogens with one attached hydrogen (secondary N) is 2. The van der Waals surface area contributed by atoms with Gasteiger partial charge in [0.05, 0.1) is 25.5 Å². The molecule has 120 valence electrons. The normalized spacial score (nSPS) is 12.3. The van der Waals surface area contributed by atoms with Crippen molar-refractivity contribution in [1.29, 1.82) is 0 Å². The highest BCUT2D eigenvalue weighted by molar-refractivity contribution is 5.90. The fraction of sp³-hybridized carbons (Fsp3) is 0.500. The zero-order chi connectivity index (χ0) is 16.3. The number of methoxy groups -OCH3 is 1. The highest BCUT2D eigenvalue weighted by Gasteiger charge is 2.21. The lowest BCUT2D eigenvalue weighted by Gasteiger charge is -2.21. The summed E-state index contributed by atoms with van der Waals surface area (Å²) in [6, 6.07) is -0.440. The van der Waals surface area contributed by atoms with Gasteiger partial charge >= 0.3 is 6.03 Å². The molecule has 0 saturated heterocycles. The molecule has 0 radical (unpaired) electrons. The van der Waals surface area contributed by atoms with E-state index < -0.39 is 0 Å². The number of anilines is 1. The quantitative estimate of drug-likeness (QED) is 0.880. The van der Waals surface area contributed by atoms with Crippen LogP contribution in [0.4, 0.5) is 10.5 Å². The van der Waals surface area contributed by atoms with E-state index in [1.807, 2.05) is 27.1 Å². The predicted molar refractivity (Wildman–Crippen MR) is 82.7 cm³/mol. The van der Waals surface area contributed by atoms with Crippen LogP contribution in [0.3, 0.4) is 0 Å². The standard InChI is InChI=1S/C14H22N6O2/c1-9(2)12(10-6-15-19(3)7-10)17-14(21)16-11-8-20(4)18-13(11)22-5/h6-9,12H,1-5H3,(H2,16,17,21). The molecular formula is C14H22N6O2. The minimum Gasteiger partial charge on any atom is -0.478 e. The Morgan fingerprint density at radius 3 is 2.55 bits per heavy atom. The van der Waals surface area contributed by atoms with Crippen LogP contribution in [-0.2, 0) is 14.1 Å². The summed E-state index contributed by atoms with van der Waals surface area (Å²) < 4.78 is 8.42. The van der Waals surface area contributed by atoms with Crippen LogP contribution in [0.25, 0.3) is 0 Å². The summed E-state index contributed by atoms with van der Waals surface area (Å²) in [7, 11) is 5.12. The number of urea groups is 1. The number of aryl methyl sites for hydroxylation is 2. The van der Waals surface area contributed by atoms with Gasteiger partial charge in [-0.2, -0.15) is 5.10 Å². The zero-order valence-corrected chi connectivity index (χ0v) is 13.5. The molecule has 0 aliphatic rings. The van der Waals surface area contributed by atoms with E-state index in [9.17, 15) is 4.79 Å². The van der Waals surface area contributed by atoms with Gasteiger partial charge in [0, 0.05) is 25.9 Å². The summed E-state index contributed by atoms with van der Waals surface area (Å²) >= 11 is 0. The van der Waals surface area contributed by atoms with Gasteiger partial charge in [0.25, 0.3) is 5.88 Å². The van der Waals surface area contributed by atoms with Crippen molar-refractivity contribution in [1.82, 2.24) is 24.9 Å². The second-order valence-corrected chi connectivity index (χ2v) is 5.49. The van der Waals surface area contributed by atoms with E-state index in [2.05, 4.69) is 20.8 Å². The average Bonchev–Trinajstić information content (AvgIpc) is 3.01. The molecule has 0 aromatic carbocycles. The molecule has 8 nitrogen and oxygen atoms in total. The lowest BCUT2D eigenvalue weighted by molar-refractivity contribution is 0.244. The van der Waals surface area contributed by atoms with Gasteiger partial charge in [0.2, 0.25) is 0 Å². The zero-order valence-electron chi connectivity index (χ0n) is 13.5. The lowest BCUT2D eigenvalue weighted by atomic mass is 9.99. The van der Waals surface area contributed by atoms with Gasteiger partial charge in [0.1, 0.15) is 5.69 Å². The Kier molecular flexibility index (Phi) is 4.69. The van der Waals surface area contributed by atoms with Crippen molar-refractivity contribution in [3.8, 4) is 5.88 Å². The molecule has 2 aromatic heterocycles. The first-order valence-corrected chi connectivity index (χ1v) is 7.04. The van der Waals surface area contributed by atoms with Gasteiger partial charge in [-0.3, -0.25) is 9.36 Å². The molecule has 0 aliphatic heterocycles. The largest absolute Gasteiger partial charge is 0.478 e. The molecule has 2 amide bonds. The fourth-order valence-electron chi connectivity index (χ4n) is 2.24. The molecule has 2 rings (SSSR count). The number of ether oxygens (including phenoxy) is 1. The minimum atomic E-state index is -0.311. The smallest absolute Gasteiger partial charge is 0.319 e. The SMILES string of the molecule is COc1nn(C)cc1NC(=O)NC(c1cnn(C)c1)C(C)C. The molecule has 0 saturated carbocycles. The van der Waals surface area contributed by atoms with Crippen LogP contribution in [0.2, 0.25) is 0 Å². The van der Waals surface area contributed by atoms with Crippen molar-refractivity contribution in [2.24, 2.45) is 20.0 Å². The van der Waals surface area contributed by atoms with E-state index in [4.69, 9.17) is 4.74 Å². The number of aromatic nitrogens is 4.